The van der Waals surface area contributed by atoms with Gasteiger partial charge in [-0.05, 0) is 93.7 Å². The van der Waals surface area contributed by atoms with Crippen molar-refractivity contribution >= 4 is 23.9 Å². The van der Waals surface area contributed by atoms with Gasteiger partial charge in [-0.15, -0.1) is 0 Å². The molecule has 5 rings (SSSR count). The largest absolute Gasteiger partial charge is 0.507 e. The number of unbranched alkanes of at least 4 members (excludes halogenated alkanes) is 2. The summed E-state index contributed by atoms with van der Waals surface area (Å²) in [6.45, 7) is 10.1. The van der Waals surface area contributed by atoms with Gasteiger partial charge in [-0.25, -0.2) is 9.59 Å². The average Bonchev–Trinajstić information content (AvgIpc) is 3.11. The van der Waals surface area contributed by atoms with Gasteiger partial charge in [0, 0.05) is 18.0 Å². The van der Waals surface area contributed by atoms with Crippen LogP contribution < -0.4 is 20.1 Å². The third kappa shape index (κ3) is 8.93. The summed E-state index contributed by atoms with van der Waals surface area (Å²) < 4.78 is 11.3. The van der Waals surface area contributed by atoms with E-state index in [2.05, 4.69) is 37.1 Å². The Balaban J connectivity index is 1.24. The van der Waals surface area contributed by atoms with Gasteiger partial charge < -0.3 is 30.3 Å². The third-order valence-corrected chi connectivity index (χ3v) is 9.96. The summed E-state index contributed by atoms with van der Waals surface area (Å²) in [5, 5.41) is 26.7. The summed E-state index contributed by atoms with van der Waals surface area (Å²) in [4.78, 5) is 52.2. The van der Waals surface area contributed by atoms with Gasteiger partial charge in [0.1, 0.15) is 29.0 Å². The number of hydrogen-bond donors (Lipinski definition) is 4. The number of β-lactam (4-membered cyclic amide) rings is 1. The monoisotopic (exact) mass is 711 g/mol. The lowest BCUT2D eigenvalue weighted by atomic mass is 9.73. The van der Waals surface area contributed by atoms with Crippen LogP contribution in [0.5, 0.6) is 17.2 Å². The molecule has 3 amide bonds. The molecule has 11 heteroatoms. The second-order valence-electron chi connectivity index (χ2n) is 13.8. The van der Waals surface area contributed by atoms with E-state index in [1.165, 1.54) is 10.5 Å². The minimum atomic E-state index is -1.26. The molecular formula is C41H49N3O8. The van der Waals surface area contributed by atoms with Crippen molar-refractivity contribution in [3.8, 4) is 17.2 Å². The number of carbonyl (C=O) groups is 4. The van der Waals surface area contributed by atoms with Crippen LogP contribution in [-0.4, -0.2) is 64.2 Å². The van der Waals surface area contributed by atoms with E-state index in [-0.39, 0.29) is 36.4 Å². The second kappa shape index (κ2) is 17.3. The first-order valence-electron chi connectivity index (χ1n) is 18.1. The first kappa shape index (κ1) is 37.9. The van der Waals surface area contributed by atoms with Gasteiger partial charge in [0.05, 0.1) is 6.04 Å². The van der Waals surface area contributed by atoms with Crippen LogP contribution in [0, 0.1) is 5.92 Å². The van der Waals surface area contributed by atoms with Crippen LogP contribution in [0.2, 0.25) is 0 Å². The number of allylic oxidation sites excluding steroid dienone is 5. The van der Waals surface area contributed by atoms with Crippen LogP contribution in [0.25, 0.3) is 0 Å². The summed E-state index contributed by atoms with van der Waals surface area (Å²) in [7, 11) is 0. The molecule has 4 N–H and O–H groups in total. The molecule has 2 aliphatic heterocycles. The smallest absolute Gasteiger partial charge is 0.412 e. The van der Waals surface area contributed by atoms with E-state index in [9.17, 15) is 29.4 Å². The summed E-state index contributed by atoms with van der Waals surface area (Å²) in [5.74, 6) is -1.44. The molecule has 0 aromatic heterocycles. The number of amides is 3. The SMILES string of the molecule is C=C(C)[C@@H]1CCC(C)=C[C@H]1c1c(O)cc(CCCCC)cc1OC(=O)NC/C=C/C1=C(C(=O)O)N2C(=O)[C@@H](NC(=O)COc3ccccc3)[C@H]2CC1. The van der Waals surface area contributed by atoms with Gasteiger partial charge in [-0.1, -0.05) is 73.9 Å². The lowest BCUT2D eigenvalue weighted by Gasteiger charge is -2.50. The minimum Gasteiger partial charge on any atom is -0.507 e. The van der Waals surface area contributed by atoms with Gasteiger partial charge in [0.15, 0.2) is 6.61 Å². The molecule has 0 bridgehead atoms. The van der Waals surface area contributed by atoms with E-state index in [0.717, 1.165) is 49.7 Å². The molecular weight excluding hydrogens is 662 g/mol. The maximum atomic E-state index is 13.1. The normalized spacial score (nSPS) is 21.2. The van der Waals surface area contributed by atoms with E-state index in [0.29, 0.717) is 35.5 Å². The molecule has 11 nitrogen and oxygen atoms in total. The minimum absolute atomic E-state index is 0.0288. The fourth-order valence-electron chi connectivity index (χ4n) is 7.33. The second-order valence-corrected chi connectivity index (χ2v) is 13.8. The topological polar surface area (TPSA) is 154 Å². The quantitative estimate of drug-likeness (QED) is 0.0905. The fourth-order valence-corrected chi connectivity index (χ4v) is 7.33. The fraction of sp³-hybridized carbons (Fsp3) is 0.415. The average molecular weight is 712 g/mol. The van der Waals surface area contributed by atoms with Crippen molar-refractivity contribution in [1.82, 2.24) is 15.5 Å². The van der Waals surface area contributed by atoms with E-state index in [1.807, 2.05) is 19.1 Å². The van der Waals surface area contributed by atoms with Crippen molar-refractivity contribution in [2.45, 2.75) is 90.1 Å². The molecule has 0 radical (unpaired) electrons. The molecule has 3 aliphatic rings. The number of benzene rings is 2. The Morgan fingerprint density at radius 3 is 2.58 bits per heavy atom. The highest BCUT2D eigenvalue weighted by molar-refractivity contribution is 6.02. The van der Waals surface area contributed by atoms with E-state index < -0.39 is 36.0 Å². The van der Waals surface area contributed by atoms with Crippen LogP contribution in [0.1, 0.15) is 82.8 Å². The number of nitrogens with zero attached hydrogens (tertiary/aromatic N) is 1. The first-order chi connectivity index (χ1) is 25.0. The highest BCUT2D eigenvalue weighted by Crippen LogP contribution is 2.47. The van der Waals surface area contributed by atoms with E-state index >= 15 is 0 Å². The lowest BCUT2D eigenvalue weighted by Crippen LogP contribution is -2.71. The standard InChI is InChI=1S/C41H49N3O8/c1-5-6-8-12-27-22-33(45)36(31-21-26(4)16-18-30(31)25(2)3)34(23-27)52-41(50)42-20-11-13-28-17-19-32-37(39(47)44(32)38(28)40(48)49)43-35(46)24-51-29-14-9-7-10-15-29/h7,9-11,13-15,21-23,30-32,37,45H,2,5-6,8,12,16-20,24H2,1,3-4H3,(H,42,50)(H,43,46)(H,48,49)/b13-11+/t30-,31+,32+,37-/m0/s1. The molecule has 2 aromatic carbocycles. The molecule has 4 atom stereocenters. The first-order valence-corrected chi connectivity index (χ1v) is 18.1. The number of aryl methyl sites for hydroxylation is 1. The van der Waals surface area contributed by atoms with Gasteiger partial charge in [0.25, 0.3) is 11.8 Å². The van der Waals surface area contributed by atoms with Crippen LogP contribution in [0.4, 0.5) is 4.79 Å². The molecule has 1 aliphatic carbocycles. The van der Waals surface area contributed by atoms with Crippen molar-refractivity contribution in [2.75, 3.05) is 13.2 Å². The Bertz CT molecular complexity index is 1780. The number of rotatable bonds is 15. The van der Waals surface area contributed by atoms with Gasteiger partial charge in [-0.3, -0.25) is 14.5 Å². The molecule has 1 saturated heterocycles. The number of hydrogen-bond acceptors (Lipinski definition) is 7. The number of carbonyl (C=O) groups excluding carboxylic acids is 3. The number of phenols is 1. The number of aliphatic carboxylic acids is 1. The van der Waals surface area contributed by atoms with Gasteiger partial charge in [0.2, 0.25) is 0 Å². The van der Waals surface area contributed by atoms with Crippen LogP contribution in [-0.2, 0) is 20.8 Å². The molecule has 0 unspecified atom stereocenters. The number of para-hydroxylation sites is 1. The highest BCUT2D eigenvalue weighted by Gasteiger charge is 2.53. The van der Waals surface area contributed by atoms with Crippen molar-refractivity contribution < 1.29 is 38.9 Å². The van der Waals surface area contributed by atoms with E-state index in [4.69, 9.17) is 9.47 Å². The lowest BCUT2D eigenvalue weighted by molar-refractivity contribution is -0.156. The van der Waals surface area contributed by atoms with Crippen molar-refractivity contribution in [2.24, 2.45) is 5.92 Å². The van der Waals surface area contributed by atoms with Gasteiger partial charge in [-0.2, -0.15) is 0 Å². The number of fused-ring (bicyclic) bond motifs is 1. The maximum absolute atomic E-state index is 13.1. The number of phenolic OH excluding ortho intramolecular Hbond substituents is 1. The van der Waals surface area contributed by atoms with Crippen LogP contribution in [0.3, 0.4) is 0 Å². The number of carboxylic acids is 1. The Hall–Kier alpha value is -5.32. The Morgan fingerprint density at radius 2 is 1.87 bits per heavy atom. The number of aromatic hydroxyl groups is 1. The van der Waals surface area contributed by atoms with E-state index in [1.54, 1.807) is 42.5 Å². The predicted octanol–water partition coefficient (Wildman–Crippen LogP) is 6.69. The Morgan fingerprint density at radius 1 is 1.10 bits per heavy atom. The van der Waals surface area contributed by atoms with Crippen molar-refractivity contribution in [3.63, 3.8) is 0 Å². The summed E-state index contributed by atoms with van der Waals surface area (Å²) in [6.07, 6.45) is 11.0. The summed E-state index contributed by atoms with van der Waals surface area (Å²) in [5.41, 5.74) is 3.93. The number of carboxylic acid groups (broad SMARTS) is 1. The number of nitrogens with one attached hydrogen (secondary N) is 2. The Labute approximate surface area is 305 Å². The molecule has 52 heavy (non-hydrogen) atoms. The molecule has 2 aromatic rings. The van der Waals surface area contributed by atoms with Crippen LogP contribution in [0.15, 0.2) is 89.7 Å². The zero-order chi connectivity index (χ0) is 37.4. The van der Waals surface area contributed by atoms with Crippen LogP contribution >= 0.6 is 0 Å². The zero-order valence-electron chi connectivity index (χ0n) is 30.2. The molecule has 0 saturated carbocycles. The molecule has 276 valence electrons. The zero-order valence-corrected chi connectivity index (χ0v) is 30.2. The summed E-state index contributed by atoms with van der Waals surface area (Å²) in [6, 6.07) is 11.1. The highest BCUT2D eigenvalue weighted by atomic mass is 16.6. The summed E-state index contributed by atoms with van der Waals surface area (Å²) >= 11 is 0. The van der Waals surface area contributed by atoms with Crippen molar-refractivity contribution in [1.29, 1.82) is 0 Å². The third-order valence-electron chi connectivity index (χ3n) is 9.96. The maximum Gasteiger partial charge on any atom is 0.412 e. The predicted molar refractivity (Wildman–Crippen MR) is 197 cm³/mol. The molecule has 2 heterocycles. The van der Waals surface area contributed by atoms with Crippen molar-refractivity contribution in [3.05, 3.63) is 101 Å². The number of ether oxygens (including phenoxy) is 2. The Kier molecular flexibility index (Phi) is 12.6. The molecule has 1 fully saturated rings. The van der Waals surface area contributed by atoms with Gasteiger partial charge >= 0.3 is 12.1 Å². The molecule has 0 spiro atoms.